The third kappa shape index (κ3) is 2.38. The number of anilines is 3. The van der Waals surface area contributed by atoms with Gasteiger partial charge >= 0.3 is 0 Å². The number of nitrogens with one attached hydrogen (secondary N) is 1. The number of fused-ring (bicyclic) bond motifs is 2. The van der Waals surface area contributed by atoms with Gasteiger partial charge in [0, 0.05) is 16.5 Å². The van der Waals surface area contributed by atoms with Crippen LogP contribution in [-0.2, 0) is 0 Å². The van der Waals surface area contributed by atoms with E-state index in [1.54, 1.807) is 7.11 Å². The minimum absolute atomic E-state index is 0.589. The number of hydrogen-bond acceptors (Lipinski definition) is 4. The van der Waals surface area contributed by atoms with Gasteiger partial charge in [0.05, 0.1) is 29.5 Å². The minimum atomic E-state index is 0.589. The molecule has 118 valence electrons. The average Bonchev–Trinajstić information content (AvgIpc) is 2.62. The van der Waals surface area contributed by atoms with Crippen LogP contribution in [0.5, 0.6) is 5.75 Å². The van der Waals surface area contributed by atoms with E-state index < -0.39 is 0 Å². The first-order chi connectivity index (χ1) is 11.8. The molecule has 24 heavy (non-hydrogen) atoms. The number of rotatable bonds is 3. The van der Waals surface area contributed by atoms with E-state index in [1.807, 2.05) is 54.6 Å². The molecular weight excluding hydrogens is 298 g/mol. The Morgan fingerprint density at radius 1 is 0.875 bits per heavy atom. The number of methoxy groups -OCH3 is 1. The molecule has 0 aliphatic rings. The van der Waals surface area contributed by atoms with Gasteiger partial charge in [-0.05, 0) is 36.4 Å². The molecule has 0 spiro atoms. The fourth-order valence-electron chi connectivity index (χ4n) is 2.88. The Bertz CT molecular complexity index is 1040. The lowest BCUT2D eigenvalue weighted by Gasteiger charge is -2.14. The van der Waals surface area contributed by atoms with Crippen molar-refractivity contribution in [1.29, 1.82) is 0 Å². The summed E-state index contributed by atoms with van der Waals surface area (Å²) < 4.78 is 5.29. The van der Waals surface area contributed by atoms with Gasteiger partial charge in [0.15, 0.2) is 0 Å². The number of nitrogens with zero attached hydrogens (tertiary/aromatic N) is 1. The highest BCUT2D eigenvalue weighted by molar-refractivity contribution is 6.00. The van der Waals surface area contributed by atoms with Gasteiger partial charge in [0.25, 0.3) is 0 Å². The molecule has 0 fully saturated rings. The number of nitrogens with two attached hydrogens (primary N) is 1. The van der Waals surface area contributed by atoms with E-state index in [-0.39, 0.29) is 0 Å². The Labute approximate surface area is 139 Å². The second-order valence-corrected chi connectivity index (χ2v) is 5.60. The molecule has 0 unspecified atom stereocenters. The fourth-order valence-corrected chi connectivity index (χ4v) is 2.88. The summed E-state index contributed by atoms with van der Waals surface area (Å²) in [7, 11) is 1.61. The predicted molar refractivity (Wildman–Crippen MR) is 99.9 cm³/mol. The number of aromatic nitrogens is 1. The number of ether oxygens (including phenoxy) is 1. The highest BCUT2D eigenvalue weighted by Gasteiger charge is 2.08. The monoisotopic (exact) mass is 315 g/mol. The van der Waals surface area contributed by atoms with E-state index in [0.29, 0.717) is 11.4 Å². The molecule has 0 atom stereocenters. The van der Waals surface area contributed by atoms with Crippen LogP contribution in [0.1, 0.15) is 0 Å². The zero-order chi connectivity index (χ0) is 16.5. The summed E-state index contributed by atoms with van der Waals surface area (Å²) >= 11 is 0. The Kier molecular flexibility index (Phi) is 3.43. The van der Waals surface area contributed by atoms with Crippen LogP contribution in [0.25, 0.3) is 21.8 Å². The van der Waals surface area contributed by atoms with Gasteiger partial charge in [0.2, 0.25) is 0 Å². The van der Waals surface area contributed by atoms with Crippen LogP contribution in [0, 0.1) is 0 Å². The summed E-state index contributed by atoms with van der Waals surface area (Å²) in [6, 6.07) is 22.0. The molecule has 0 radical (unpaired) electrons. The summed E-state index contributed by atoms with van der Waals surface area (Å²) in [4.78, 5) is 4.74. The third-order valence-corrected chi connectivity index (χ3v) is 4.12. The molecule has 0 amide bonds. The molecule has 1 heterocycles. The summed E-state index contributed by atoms with van der Waals surface area (Å²) in [6.07, 6.45) is 0. The summed E-state index contributed by atoms with van der Waals surface area (Å²) in [5.74, 6) is 0.656. The lowest BCUT2D eigenvalue weighted by molar-refractivity contribution is 0.417. The van der Waals surface area contributed by atoms with Crippen molar-refractivity contribution in [1.82, 2.24) is 4.98 Å². The smallest absolute Gasteiger partial charge is 0.143 e. The lowest BCUT2D eigenvalue weighted by Crippen LogP contribution is -1.99. The summed E-state index contributed by atoms with van der Waals surface area (Å²) in [5, 5.41) is 5.57. The number of para-hydroxylation sites is 2. The minimum Gasteiger partial charge on any atom is -0.495 e. The zero-order valence-electron chi connectivity index (χ0n) is 13.3. The maximum Gasteiger partial charge on any atom is 0.143 e. The van der Waals surface area contributed by atoms with E-state index in [0.717, 1.165) is 33.2 Å². The molecule has 3 aromatic carbocycles. The number of pyridine rings is 1. The first kappa shape index (κ1) is 14.3. The maximum atomic E-state index is 6.17. The molecule has 0 saturated heterocycles. The van der Waals surface area contributed by atoms with Gasteiger partial charge in [-0.1, -0.05) is 30.3 Å². The average molecular weight is 315 g/mol. The van der Waals surface area contributed by atoms with Crippen molar-refractivity contribution in [3.05, 3.63) is 66.7 Å². The normalized spacial score (nSPS) is 10.9. The van der Waals surface area contributed by atoms with Crippen LogP contribution in [0.3, 0.4) is 0 Å². The molecule has 0 aliphatic heterocycles. The summed E-state index contributed by atoms with van der Waals surface area (Å²) in [5.41, 5.74) is 10.5. The SMILES string of the molecule is COc1cccc(Nc2cccc3nc4ccccc4cc23)c1N. The van der Waals surface area contributed by atoms with E-state index in [2.05, 4.69) is 17.4 Å². The Morgan fingerprint density at radius 3 is 2.50 bits per heavy atom. The van der Waals surface area contributed by atoms with Crippen LogP contribution in [0.15, 0.2) is 66.7 Å². The first-order valence-corrected chi connectivity index (χ1v) is 7.74. The first-order valence-electron chi connectivity index (χ1n) is 7.74. The highest BCUT2D eigenvalue weighted by Crippen LogP contribution is 2.34. The molecule has 4 heteroatoms. The third-order valence-electron chi connectivity index (χ3n) is 4.12. The van der Waals surface area contributed by atoms with E-state index in [4.69, 9.17) is 15.5 Å². The van der Waals surface area contributed by atoms with Gasteiger partial charge in [-0.15, -0.1) is 0 Å². The molecule has 4 aromatic rings. The molecule has 4 nitrogen and oxygen atoms in total. The molecule has 0 aliphatic carbocycles. The van der Waals surface area contributed by atoms with Crippen molar-refractivity contribution in [2.45, 2.75) is 0 Å². The van der Waals surface area contributed by atoms with Crippen LogP contribution in [0.2, 0.25) is 0 Å². The number of nitrogen functional groups attached to an aromatic ring is 1. The number of benzene rings is 3. The van der Waals surface area contributed by atoms with Gasteiger partial charge in [-0.2, -0.15) is 0 Å². The summed E-state index contributed by atoms with van der Waals surface area (Å²) in [6.45, 7) is 0. The standard InChI is InChI=1S/C20H17N3O/c1-24-19-11-5-10-18(20(19)21)23-17-9-4-8-16-14(17)12-13-6-2-3-7-15(13)22-16/h2-12,23H,21H2,1H3. The topological polar surface area (TPSA) is 60.2 Å². The molecule has 0 bridgehead atoms. The van der Waals surface area contributed by atoms with E-state index in [9.17, 15) is 0 Å². The van der Waals surface area contributed by atoms with Gasteiger partial charge in [0.1, 0.15) is 5.75 Å². The van der Waals surface area contributed by atoms with Crippen molar-refractivity contribution in [2.75, 3.05) is 18.2 Å². The van der Waals surface area contributed by atoms with Gasteiger partial charge < -0.3 is 15.8 Å². The van der Waals surface area contributed by atoms with Crippen LogP contribution < -0.4 is 15.8 Å². The highest BCUT2D eigenvalue weighted by atomic mass is 16.5. The largest absolute Gasteiger partial charge is 0.495 e. The molecule has 4 rings (SSSR count). The van der Waals surface area contributed by atoms with Crippen LogP contribution in [-0.4, -0.2) is 12.1 Å². The van der Waals surface area contributed by atoms with Crippen molar-refractivity contribution in [3.8, 4) is 5.75 Å². The molecule has 0 saturated carbocycles. The van der Waals surface area contributed by atoms with Crippen molar-refractivity contribution in [3.63, 3.8) is 0 Å². The second kappa shape index (κ2) is 5.74. The van der Waals surface area contributed by atoms with Crippen LogP contribution in [0.4, 0.5) is 17.1 Å². The van der Waals surface area contributed by atoms with Gasteiger partial charge in [-0.3, -0.25) is 0 Å². The van der Waals surface area contributed by atoms with Crippen molar-refractivity contribution in [2.24, 2.45) is 0 Å². The van der Waals surface area contributed by atoms with Crippen molar-refractivity contribution < 1.29 is 4.74 Å². The lowest BCUT2D eigenvalue weighted by atomic mass is 10.1. The Morgan fingerprint density at radius 2 is 1.62 bits per heavy atom. The second-order valence-electron chi connectivity index (χ2n) is 5.60. The number of hydrogen-bond donors (Lipinski definition) is 2. The van der Waals surface area contributed by atoms with Gasteiger partial charge in [-0.25, -0.2) is 4.98 Å². The molecular formula is C20H17N3O. The van der Waals surface area contributed by atoms with E-state index in [1.165, 1.54) is 0 Å². The molecule has 1 aromatic heterocycles. The predicted octanol–water partition coefficient (Wildman–Crippen LogP) is 4.72. The van der Waals surface area contributed by atoms with E-state index >= 15 is 0 Å². The van der Waals surface area contributed by atoms with Crippen molar-refractivity contribution >= 4 is 38.9 Å². The molecule has 3 N–H and O–H groups in total. The fraction of sp³-hybridized carbons (Fsp3) is 0.0500. The maximum absolute atomic E-state index is 6.17. The Hall–Kier alpha value is -3.27. The Balaban J connectivity index is 1.86. The van der Waals surface area contributed by atoms with Crippen LogP contribution >= 0.6 is 0 Å². The zero-order valence-corrected chi connectivity index (χ0v) is 13.3. The quantitative estimate of drug-likeness (QED) is 0.424.